The molecule has 7 heteroatoms. The molecule has 0 bridgehead atoms. The van der Waals surface area contributed by atoms with Gasteiger partial charge in [0.2, 0.25) is 0 Å². The van der Waals surface area contributed by atoms with E-state index in [2.05, 4.69) is 15.0 Å². The van der Waals surface area contributed by atoms with Crippen molar-refractivity contribution in [2.24, 2.45) is 7.05 Å². The topological polar surface area (TPSA) is 76.0 Å². The second kappa shape index (κ2) is 5.50. The average Bonchev–Trinajstić information content (AvgIpc) is 3.20. The maximum atomic E-state index is 12.3. The number of aromatic nitrogens is 2. The third-order valence-electron chi connectivity index (χ3n) is 3.46. The summed E-state index contributed by atoms with van der Waals surface area (Å²) in [5, 5.41) is 3.38. The molecule has 21 heavy (non-hydrogen) atoms. The van der Waals surface area contributed by atoms with Gasteiger partial charge in [-0.2, -0.15) is 0 Å². The summed E-state index contributed by atoms with van der Waals surface area (Å²) < 4.78 is 29.1. The van der Waals surface area contributed by atoms with Crippen molar-refractivity contribution in [2.45, 2.75) is 30.3 Å². The number of anilines is 1. The van der Waals surface area contributed by atoms with Crippen molar-refractivity contribution < 1.29 is 8.42 Å². The average molecular weight is 306 g/mol. The molecule has 0 atom stereocenters. The van der Waals surface area contributed by atoms with E-state index in [1.54, 1.807) is 30.6 Å². The number of sulfonamides is 1. The van der Waals surface area contributed by atoms with E-state index in [9.17, 15) is 8.42 Å². The van der Waals surface area contributed by atoms with Crippen molar-refractivity contribution in [1.82, 2.24) is 14.9 Å². The molecule has 1 fully saturated rings. The summed E-state index contributed by atoms with van der Waals surface area (Å²) in [6, 6.07) is 5.65. The van der Waals surface area contributed by atoms with Gasteiger partial charge in [-0.1, -0.05) is 0 Å². The minimum Gasteiger partial charge on any atom is -0.352 e. The quantitative estimate of drug-likeness (QED) is 0.847. The predicted molar refractivity (Wildman–Crippen MR) is 80.3 cm³/mol. The van der Waals surface area contributed by atoms with Crippen LogP contribution in [0, 0.1) is 0 Å². The smallest absolute Gasteiger partial charge is 0.263 e. The van der Waals surface area contributed by atoms with E-state index in [1.807, 2.05) is 11.6 Å². The third kappa shape index (κ3) is 3.43. The Bertz CT molecular complexity index is 721. The maximum absolute atomic E-state index is 12.3. The Morgan fingerprint density at radius 2 is 2.24 bits per heavy atom. The Balaban J connectivity index is 1.76. The molecule has 0 radical (unpaired) electrons. The molecule has 0 unspecified atom stereocenters. The van der Waals surface area contributed by atoms with Gasteiger partial charge >= 0.3 is 0 Å². The van der Waals surface area contributed by atoms with E-state index in [4.69, 9.17) is 0 Å². The largest absolute Gasteiger partial charge is 0.352 e. The summed E-state index contributed by atoms with van der Waals surface area (Å²) in [5.74, 6) is 0. The molecule has 0 saturated heterocycles. The van der Waals surface area contributed by atoms with E-state index in [-0.39, 0.29) is 4.90 Å². The van der Waals surface area contributed by atoms with Gasteiger partial charge in [0, 0.05) is 37.7 Å². The standard InChI is InChI=1S/C14H18N4O2S/c1-18-10-14(7-13(18)9-16-11-4-5-11)21(19,20)17-12-3-2-6-15-8-12/h2-3,6-8,10-11,16-17H,4-5,9H2,1H3. The Labute approximate surface area is 124 Å². The summed E-state index contributed by atoms with van der Waals surface area (Å²) in [6.07, 6.45) is 7.12. The van der Waals surface area contributed by atoms with Crippen molar-refractivity contribution in [2.75, 3.05) is 4.72 Å². The number of hydrogen-bond acceptors (Lipinski definition) is 4. The fourth-order valence-electron chi connectivity index (χ4n) is 2.07. The van der Waals surface area contributed by atoms with E-state index in [0.29, 0.717) is 18.3 Å². The van der Waals surface area contributed by atoms with Crippen LogP contribution in [-0.4, -0.2) is 24.0 Å². The zero-order valence-electron chi connectivity index (χ0n) is 11.8. The molecule has 0 aromatic carbocycles. The molecule has 112 valence electrons. The SMILES string of the molecule is Cn1cc(S(=O)(=O)Nc2cccnc2)cc1CNC1CC1. The minimum absolute atomic E-state index is 0.265. The van der Waals surface area contributed by atoms with E-state index in [1.165, 1.54) is 19.0 Å². The Kier molecular flexibility index (Phi) is 3.69. The molecule has 1 saturated carbocycles. The minimum atomic E-state index is -3.58. The lowest BCUT2D eigenvalue weighted by molar-refractivity contribution is 0.601. The second-order valence-electron chi connectivity index (χ2n) is 5.28. The van der Waals surface area contributed by atoms with Crippen LogP contribution < -0.4 is 10.0 Å². The van der Waals surface area contributed by atoms with Crippen LogP contribution in [-0.2, 0) is 23.6 Å². The highest BCUT2D eigenvalue weighted by molar-refractivity contribution is 7.92. The van der Waals surface area contributed by atoms with Gasteiger partial charge in [-0.3, -0.25) is 9.71 Å². The van der Waals surface area contributed by atoms with Crippen LogP contribution in [0.1, 0.15) is 18.5 Å². The van der Waals surface area contributed by atoms with E-state index < -0.39 is 10.0 Å². The third-order valence-corrected chi connectivity index (χ3v) is 4.80. The molecular formula is C14H18N4O2S. The molecule has 2 N–H and O–H groups in total. The number of rotatable bonds is 6. The highest BCUT2D eigenvalue weighted by Gasteiger charge is 2.22. The molecule has 3 rings (SSSR count). The van der Waals surface area contributed by atoms with Crippen LogP contribution in [0.2, 0.25) is 0 Å². The van der Waals surface area contributed by atoms with Gasteiger partial charge in [0.1, 0.15) is 4.90 Å². The van der Waals surface area contributed by atoms with Gasteiger partial charge in [0.15, 0.2) is 0 Å². The lowest BCUT2D eigenvalue weighted by Crippen LogP contribution is -2.17. The summed E-state index contributed by atoms with van der Waals surface area (Å²) in [4.78, 5) is 4.16. The molecular weight excluding hydrogens is 288 g/mol. The van der Waals surface area contributed by atoms with E-state index >= 15 is 0 Å². The Hall–Kier alpha value is -1.86. The molecule has 0 spiro atoms. The monoisotopic (exact) mass is 306 g/mol. The van der Waals surface area contributed by atoms with Gasteiger partial charge in [-0.25, -0.2) is 8.42 Å². The van der Waals surface area contributed by atoms with Crippen LogP contribution >= 0.6 is 0 Å². The predicted octanol–water partition coefficient (Wildman–Crippen LogP) is 1.47. The summed E-state index contributed by atoms with van der Waals surface area (Å²) in [6.45, 7) is 0.684. The van der Waals surface area contributed by atoms with Crippen molar-refractivity contribution in [1.29, 1.82) is 0 Å². The first-order valence-corrected chi connectivity index (χ1v) is 8.34. The highest BCUT2D eigenvalue weighted by Crippen LogP contribution is 2.21. The number of nitrogens with zero attached hydrogens (tertiary/aromatic N) is 2. The highest BCUT2D eigenvalue weighted by atomic mass is 32.2. The fraction of sp³-hybridized carbons (Fsp3) is 0.357. The normalized spacial score (nSPS) is 15.1. The number of pyridine rings is 1. The van der Waals surface area contributed by atoms with Crippen LogP contribution in [0.3, 0.4) is 0 Å². The molecule has 1 aliphatic rings. The molecule has 0 aliphatic heterocycles. The van der Waals surface area contributed by atoms with Crippen LogP contribution in [0.15, 0.2) is 41.7 Å². The molecule has 2 aromatic rings. The second-order valence-corrected chi connectivity index (χ2v) is 6.96. The van der Waals surface area contributed by atoms with Crippen molar-refractivity contribution >= 4 is 15.7 Å². The zero-order chi connectivity index (χ0) is 14.9. The van der Waals surface area contributed by atoms with Crippen LogP contribution in [0.5, 0.6) is 0 Å². The molecule has 1 aliphatic carbocycles. The zero-order valence-corrected chi connectivity index (χ0v) is 12.6. The summed E-state index contributed by atoms with van der Waals surface area (Å²) in [5.41, 5.74) is 1.41. The summed E-state index contributed by atoms with van der Waals surface area (Å²) >= 11 is 0. The molecule has 0 amide bonds. The number of hydrogen-bond donors (Lipinski definition) is 2. The lowest BCUT2D eigenvalue weighted by Gasteiger charge is -2.05. The molecule has 2 heterocycles. The first-order chi connectivity index (χ1) is 10.0. The van der Waals surface area contributed by atoms with Gasteiger partial charge in [-0.05, 0) is 31.0 Å². The number of nitrogens with one attached hydrogen (secondary N) is 2. The van der Waals surface area contributed by atoms with Gasteiger partial charge in [-0.15, -0.1) is 0 Å². The molecule has 6 nitrogen and oxygen atoms in total. The number of aryl methyl sites for hydroxylation is 1. The Morgan fingerprint density at radius 3 is 2.90 bits per heavy atom. The van der Waals surface area contributed by atoms with Crippen molar-refractivity contribution in [3.8, 4) is 0 Å². The van der Waals surface area contributed by atoms with Gasteiger partial charge in [0.05, 0.1) is 11.9 Å². The van der Waals surface area contributed by atoms with Gasteiger partial charge in [0.25, 0.3) is 10.0 Å². The fourth-order valence-corrected chi connectivity index (χ4v) is 3.21. The first-order valence-electron chi connectivity index (χ1n) is 6.86. The van der Waals surface area contributed by atoms with Crippen LogP contribution in [0.25, 0.3) is 0 Å². The van der Waals surface area contributed by atoms with Crippen LogP contribution in [0.4, 0.5) is 5.69 Å². The van der Waals surface area contributed by atoms with Crippen molar-refractivity contribution in [3.63, 3.8) is 0 Å². The first kappa shape index (κ1) is 14.1. The van der Waals surface area contributed by atoms with Gasteiger partial charge < -0.3 is 9.88 Å². The van der Waals surface area contributed by atoms with Crippen molar-refractivity contribution in [3.05, 3.63) is 42.5 Å². The molecule has 2 aromatic heterocycles. The van der Waals surface area contributed by atoms with E-state index in [0.717, 1.165) is 5.69 Å². The Morgan fingerprint density at radius 1 is 1.43 bits per heavy atom. The lowest BCUT2D eigenvalue weighted by atomic mass is 10.4. The maximum Gasteiger partial charge on any atom is 0.263 e. The summed E-state index contributed by atoms with van der Waals surface area (Å²) in [7, 11) is -1.72.